The summed E-state index contributed by atoms with van der Waals surface area (Å²) in [5.74, 6) is 2.62. The fourth-order valence-corrected chi connectivity index (χ4v) is 2.84. The van der Waals surface area contributed by atoms with E-state index >= 15 is 0 Å². The molecule has 0 spiro atoms. The molecule has 1 unspecified atom stereocenters. The Bertz CT molecular complexity index is 896. The lowest BCUT2D eigenvalue weighted by Crippen LogP contribution is -2.36. The summed E-state index contributed by atoms with van der Waals surface area (Å²) in [5.41, 5.74) is 2.53. The summed E-state index contributed by atoms with van der Waals surface area (Å²) < 4.78 is 5.69. The summed E-state index contributed by atoms with van der Waals surface area (Å²) in [6, 6.07) is 9.22. The van der Waals surface area contributed by atoms with Crippen molar-refractivity contribution in [1.82, 2.24) is 20.2 Å². The molecule has 0 saturated carbocycles. The summed E-state index contributed by atoms with van der Waals surface area (Å²) in [6.45, 7) is 4.40. The maximum Gasteiger partial charge on any atom is 0.319 e. The number of hydrogen-bond donors (Lipinski definition) is 3. The van der Waals surface area contributed by atoms with E-state index in [1.807, 2.05) is 63.2 Å². The number of amides is 2. The number of fused-ring (bicyclic) bond motifs is 1. The molecule has 0 aliphatic heterocycles. The van der Waals surface area contributed by atoms with E-state index < -0.39 is 0 Å². The number of imidazole rings is 1. The molecule has 2 aromatic heterocycles. The van der Waals surface area contributed by atoms with Crippen molar-refractivity contribution in [3.8, 4) is 0 Å². The van der Waals surface area contributed by atoms with Crippen molar-refractivity contribution in [1.29, 1.82) is 0 Å². The summed E-state index contributed by atoms with van der Waals surface area (Å²) in [4.78, 5) is 22.0. The molecule has 0 fully saturated rings. The highest BCUT2D eigenvalue weighted by Gasteiger charge is 2.18. The number of carbonyl (C=O) groups excluding carboxylic acids is 1. The topological polar surface area (TPSA) is 86.2 Å². The van der Waals surface area contributed by atoms with Crippen molar-refractivity contribution >= 4 is 22.8 Å². The van der Waals surface area contributed by atoms with Crippen LogP contribution in [-0.2, 0) is 6.42 Å². The molecule has 0 aliphatic carbocycles. The Hall–Kier alpha value is -2.80. The van der Waals surface area contributed by atoms with Crippen molar-refractivity contribution in [3.63, 3.8) is 0 Å². The number of furan rings is 1. The Balaban J connectivity index is 1.62. The number of aromatic nitrogens is 2. The van der Waals surface area contributed by atoms with Gasteiger partial charge in [-0.15, -0.1) is 0 Å². The number of H-pyrrole nitrogens is 1. The van der Waals surface area contributed by atoms with Gasteiger partial charge in [0, 0.05) is 18.7 Å². The minimum absolute atomic E-state index is 0.0309. The maximum absolute atomic E-state index is 12.3. The van der Waals surface area contributed by atoms with E-state index in [2.05, 4.69) is 20.6 Å². The number of likely N-dealkylation sites (N-methyl/N-ethyl adjacent to an activating group) is 1. The summed E-state index contributed by atoms with van der Waals surface area (Å²) in [5, 5.41) is 5.77. The lowest BCUT2D eigenvalue weighted by atomic mass is 10.2. The highest BCUT2D eigenvalue weighted by molar-refractivity contribution is 5.91. The van der Waals surface area contributed by atoms with Gasteiger partial charge in [0.2, 0.25) is 0 Å². The van der Waals surface area contributed by atoms with Gasteiger partial charge in [-0.1, -0.05) is 6.92 Å². The first-order valence-electron chi connectivity index (χ1n) is 8.72. The van der Waals surface area contributed by atoms with Crippen molar-refractivity contribution in [2.75, 3.05) is 26.0 Å². The fourth-order valence-electron chi connectivity index (χ4n) is 2.84. The second-order valence-corrected chi connectivity index (χ2v) is 6.53. The number of aromatic amines is 1. The van der Waals surface area contributed by atoms with Crippen LogP contribution >= 0.6 is 0 Å². The van der Waals surface area contributed by atoms with Gasteiger partial charge in [-0.2, -0.15) is 0 Å². The number of anilines is 1. The molecule has 0 bridgehead atoms. The van der Waals surface area contributed by atoms with Crippen LogP contribution in [0.15, 0.2) is 34.7 Å². The average Bonchev–Trinajstić information content (AvgIpc) is 3.20. The van der Waals surface area contributed by atoms with Crippen LogP contribution in [0.4, 0.5) is 10.5 Å². The van der Waals surface area contributed by atoms with Crippen LogP contribution in [0.5, 0.6) is 0 Å². The van der Waals surface area contributed by atoms with E-state index in [1.165, 1.54) is 0 Å². The molecule has 1 atom stereocenters. The Labute approximate surface area is 152 Å². The SMILES string of the molecule is CCc1nc2ccc(NC(=O)NCC(c3ccc(C)o3)N(C)C)cc2[nH]1. The van der Waals surface area contributed by atoms with Gasteiger partial charge in [-0.3, -0.25) is 4.90 Å². The van der Waals surface area contributed by atoms with Crippen LogP contribution in [0, 0.1) is 6.92 Å². The highest BCUT2D eigenvalue weighted by atomic mass is 16.3. The van der Waals surface area contributed by atoms with Crippen LogP contribution in [-0.4, -0.2) is 41.5 Å². The number of nitrogens with one attached hydrogen (secondary N) is 3. The third-order valence-electron chi connectivity index (χ3n) is 4.29. The zero-order chi connectivity index (χ0) is 18.7. The molecule has 7 nitrogen and oxygen atoms in total. The van der Waals surface area contributed by atoms with Gasteiger partial charge in [-0.25, -0.2) is 9.78 Å². The van der Waals surface area contributed by atoms with Crippen LogP contribution in [0.25, 0.3) is 11.0 Å². The normalized spacial score (nSPS) is 12.5. The minimum Gasteiger partial charge on any atom is -0.465 e. The van der Waals surface area contributed by atoms with Gasteiger partial charge in [0.25, 0.3) is 0 Å². The summed E-state index contributed by atoms with van der Waals surface area (Å²) >= 11 is 0. The van der Waals surface area contributed by atoms with Gasteiger partial charge < -0.3 is 20.0 Å². The van der Waals surface area contributed by atoms with Gasteiger partial charge >= 0.3 is 6.03 Å². The molecule has 3 N–H and O–H groups in total. The fraction of sp³-hybridized carbons (Fsp3) is 0.368. The Kier molecular flexibility index (Phi) is 5.27. The Morgan fingerprint density at radius 2 is 2.12 bits per heavy atom. The molecular formula is C19H25N5O2. The molecule has 0 radical (unpaired) electrons. The summed E-state index contributed by atoms with van der Waals surface area (Å²) in [6.07, 6.45) is 0.843. The van der Waals surface area contributed by atoms with Gasteiger partial charge in [-0.05, 0) is 51.4 Å². The number of benzene rings is 1. The van der Waals surface area contributed by atoms with Gasteiger partial charge in [0.15, 0.2) is 0 Å². The number of rotatable bonds is 6. The maximum atomic E-state index is 12.3. The quantitative estimate of drug-likeness (QED) is 0.632. The van der Waals surface area contributed by atoms with Crippen molar-refractivity contribution < 1.29 is 9.21 Å². The molecule has 1 aromatic carbocycles. The molecule has 2 heterocycles. The third-order valence-corrected chi connectivity index (χ3v) is 4.29. The standard InChI is InChI=1S/C19H25N5O2/c1-5-18-22-14-8-7-13(10-15(14)23-18)21-19(25)20-11-16(24(3)4)17-9-6-12(2)26-17/h6-10,16H,5,11H2,1-4H3,(H,22,23)(H2,20,21,25). The van der Waals surface area contributed by atoms with E-state index in [4.69, 9.17) is 4.42 Å². The van der Waals surface area contributed by atoms with Gasteiger partial charge in [0.1, 0.15) is 17.3 Å². The molecule has 0 aliphatic rings. The predicted octanol–water partition coefficient (Wildman–Crippen LogP) is 3.45. The van der Waals surface area contributed by atoms with E-state index in [9.17, 15) is 4.79 Å². The molecule has 0 saturated heterocycles. The third kappa shape index (κ3) is 4.05. The van der Waals surface area contributed by atoms with Crippen LogP contribution in [0.2, 0.25) is 0 Å². The number of hydrogen-bond acceptors (Lipinski definition) is 4. The lowest BCUT2D eigenvalue weighted by Gasteiger charge is -2.22. The first-order valence-corrected chi connectivity index (χ1v) is 8.72. The molecule has 7 heteroatoms. The zero-order valence-corrected chi connectivity index (χ0v) is 15.6. The molecule has 3 rings (SSSR count). The van der Waals surface area contributed by atoms with E-state index in [0.29, 0.717) is 6.54 Å². The van der Waals surface area contributed by atoms with Gasteiger partial charge in [0.05, 0.1) is 17.1 Å². The van der Waals surface area contributed by atoms with E-state index in [-0.39, 0.29) is 12.1 Å². The Morgan fingerprint density at radius 1 is 1.31 bits per heavy atom. The lowest BCUT2D eigenvalue weighted by molar-refractivity contribution is 0.232. The average molecular weight is 355 g/mol. The van der Waals surface area contributed by atoms with Crippen molar-refractivity contribution in [2.45, 2.75) is 26.3 Å². The number of urea groups is 1. The highest BCUT2D eigenvalue weighted by Crippen LogP contribution is 2.20. The molecule has 26 heavy (non-hydrogen) atoms. The van der Waals surface area contributed by atoms with E-state index in [0.717, 1.165) is 40.5 Å². The predicted molar refractivity (Wildman–Crippen MR) is 102 cm³/mol. The molecule has 2 amide bonds. The molecule has 138 valence electrons. The second-order valence-electron chi connectivity index (χ2n) is 6.53. The summed E-state index contributed by atoms with van der Waals surface area (Å²) in [7, 11) is 3.92. The van der Waals surface area contributed by atoms with Crippen LogP contribution in [0.3, 0.4) is 0 Å². The zero-order valence-electron chi connectivity index (χ0n) is 15.6. The molecule has 3 aromatic rings. The first-order chi connectivity index (χ1) is 12.5. The van der Waals surface area contributed by atoms with Crippen molar-refractivity contribution in [2.24, 2.45) is 0 Å². The largest absolute Gasteiger partial charge is 0.465 e. The van der Waals surface area contributed by atoms with E-state index in [1.54, 1.807) is 0 Å². The minimum atomic E-state index is -0.255. The number of carbonyl (C=O) groups is 1. The van der Waals surface area contributed by atoms with Crippen LogP contribution < -0.4 is 10.6 Å². The number of aryl methyl sites for hydroxylation is 2. The first kappa shape index (κ1) is 18.0. The smallest absolute Gasteiger partial charge is 0.319 e. The second kappa shape index (κ2) is 7.61. The van der Waals surface area contributed by atoms with Crippen LogP contribution in [0.1, 0.15) is 30.3 Å². The monoisotopic (exact) mass is 355 g/mol. The Morgan fingerprint density at radius 3 is 2.77 bits per heavy atom. The molecular weight excluding hydrogens is 330 g/mol. The van der Waals surface area contributed by atoms with Crippen molar-refractivity contribution in [3.05, 3.63) is 47.7 Å². The number of nitrogens with zero attached hydrogens (tertiary/aromatic N) is 2.